The maximum atomic E-state index is 14.7. The van der Waals surface area contributed by atoms with Gasteiger partial charge in [0.05, 0.1) is 102 Å². The molecule has 0 radical (unpaired) electrons. The highest BCUT2D eigenvalue weighted by Crippen LogP contribution is 2.42. The fraction of sp³-hybridized carbons (Fsp3) is 0.294. The molecule has 12 nitrogen and oxygen atoms in total. The largest absolute Gasteiger partial charge is 0.487 e. The fourth-order valence-electron chi connectivity index (χ4n) is 15.2. The van der Waals surface area contributed by atoms with Crippen molar-refractivity contribution in [2.24, 2.45) is 23.7 Å². The van der Waals surface area contributed by atoms with Gasteiger partial charge in [-0.1, -0.05) is 33.6 Å². The summed E-state index contributed by atoms with van der Waals surface area (Å²) in [6, 6.07) is 20.4. The lowest BCUT2D eigenvalue weighted by molar-refractivity contribution is -0.209. The highest BCUT2D eigenvalue weighted by Gasteiger charge is 2.35. The minimum Gasteiger partial charge on any atom is -0.487 e. The molecule has 16 rings (SSSR count). The number of aryl methyl sites for hydroxylation is 4. The van der Waals surface area contributed by atoms with Crippen molar-refractivity contribution in [1.29, 1.82) is 0 Å². The smallest absolute Gasteiger partial charge is 0.194 e. The first kappa shape index (κ1) is 107. The Hall–Kier alpha value is -12.4. The molecule has 4 fully saturated rings. The Morgan fingerprint density at radius 3 is 0.599 bits per heavy atom. The summed E-state index contributed by atoms with van der Waals surface area (Å²) in [5, 5.41) is 0. The molecule has 0 aromatic heterocycles. The summed E-state index contributed by atoms with van der Waals surface area (Å²) in [7, 11) is 0. The molecule has 142 heavy (non-hydrogen) atoms. The van der Waals surface area contributed by atoms with Crippen molar-refractivity contribution >= 4 is 0 Å². The highest BCUT2D eigenvalue weighted by molar-refractivity contribution is 5.69. The molecular weight excluding hydrogens is 1950 g/mol. The standard InChI is InChI=1S/C27H23F7O3.C26H21F7O3.C25H19F7O3.C24H17F7O3/c1-2-3-4-14-5-22(32)26(23(33)6-14)35-11-15-12-36-27(37-13-15)17-9-18(28)24(19(29)10-17)16-7-20(30)25(34)21(31)8-16;1-2-3-13-4-21(31)25(22(32)5-13)34-10-14-11-35-26(36-12-14)16-8-17(27)23(18(28)9-16)15-6-19(29)24(33)20(30)7-15;1-2-12-3-20(30)24(21(31)4-12)33-9-13-10-34-25(35-11-13)15-7-16(26)22(17(27)8-15)14-5-18(28)23(32)19(29)6-14;1-11-2-19(29)23(20(30)3-11)32-8-12-9-33-24(34-10-12)14-6-15(25)21(16(26)7-14)13-4-17(27)22(31)18(28)5-13/h5-10,15,27H,2-4,11-13H2,1H3;4-9,14,26H,2-3,10-12H2,1H3;3-8,13,25H,2,9-11H2,1H3;2-7,12,24H,8-10H2,1H3. The van der Waals surface area contributed by atoms with E-state index in [-0.39, 0.29) is 102 Å². The zero-order chi connectivity index (χ0) is 103. The summed E-state index contributed by atoms with van der Waals surface area (Å²) in [4.78, 5) is 0. The minimum atomic E-state index is -1.75. The van der Waals surface area contributed by atoms with E-state index in [1.165, 1.54) is 43.3 Å². The van der Waals surface area contributed by atoms with Crippen molar-refractivity contribution in [2.45, 2.75) is 91.4 Å². The van der Waals surface area contributed by atoms with Gasteiger partial charge in [-0.25, -0.2) is 123 Å². The van der Waals surface area contributed by atoms with Gasteiger partial charge in [0.2, 0.25) is 0 Å². The van der Waals surface area contributed by atoms with Gasteiger partial charge in [0.15, 0.2) is 165 Å². The molecule has 0 bridgehead atoms. The first-order valence-corrected chi connectivity index (χ1v) is 43.5. The van der Waals surface area contributed by atoms with Gasteiger partial charge in [0, 0.05) is 45.9 Å². The maximum absolute atomic E-state index is 14.7. The van der Waals surface area contributed by atoms with E-state index in [1.54, 1.807) is 6.92 Å². The predicted molar refractivity (Wildman–Crippen MR) is 453 cm³/mol. The Bertz CT molecular complexity index is 6260. The number of benzene rings is 12. The maximum Gasteiger partial charge on any atom is 0.194 e. The molecule has 0 saturated carbocycles. The van der Waals surface area contributed by atoms with E-state index in [4.69, 9.17) is 56.8 Å². The second-order valence-corrected chi connectivity index (χ2v) is 33.1. The number of hydrogen-bond acceptors (Lipinski definition) is 12. The van der Waals surface area contributed by atoms with Crippen LogP contribution in [-0.2, 0) is 57.2 Å². The lowest BCUT2D eigenvalue weighted by Crippen LogP contribution is -2.31. The Morgan fingerprint density at radius 2 is 0.408 bits per heavy atom. The SMILES string of the molecule is CCCCc1cc(F)c(OCC2COC(c3cc(F)c(-c4cc(F)c(F)c(F)c4)c(F)c3)OC2)c(F)c1.CCCc1cc(F)c(OCC2COC(c3cc(F)c(-c4cc(F)c(F)c(F)c4)c(F)c3)OC2)c(F)c1.CCc1cc(F)c(OCC2COC(c3cc(F)c(-c4cc(F)c(F)c(F)c4)c(F)c3)OC2)c(F)c1.Cc1cc(F)c(OCC2COC(c3cc(F)c(-c4cc(F)c(F)c(F)c4)c(F)c3)OC2)c(F)c1. The Balaban J connectivity index is 0.000000159. The summed E-state index contributed by atoms with van der Waals surface area (Å²) in [5.41, 5.74) is -3.27. The molecule has 4 aliphatic heterocycles. The average Bonchev–Trinajstić information content (AvgIpc) is 0.793. The van der Waals surface area contributed by atoms with E-state index in [0.717, 1.165) is 79.9 Å². The van der Waals surface area contributed by atoms with E-state index >= 15 is 0 Å². The van der Waals surface area contributed by atoms with Gasteiger partial charge in [-0.3, -0.25) is 0 Å². The molecule has 12 aromatic carbocycles. The quantitative estimate of drug-likeness (QED) is 0.0380. The average molecular weight is 2030 g/mol. The van der Waals surface area contributed by atoms with Crippen LogP contribution in [0.2, 0.25) is 0 Å². The van der Waals surface area contributed by atoms with E-state index in [2.05, 4.69) is 0 Å². The number of ether oxygens (including phenoxy) is 12. The summed E-state index contributed by atoms with van der Waals surface area (Å²) >= 11 is 0. The van der Waals surface area contributed by atoms with Crippen LogP contribution in [0.5, 0.6) is 23.0 Å². The molecule has 0 unspecified atom stereocenters. The van der Waals surface area contributed by atoms with Crippen LogP contribution >= 0.6 is 0 Å². The van der Waals surface area contributed by atoms with Crippen molar-refractivity contribution in [1.82, 2.24) is 0 Å². The number of unbranched alkanes of at least 4 members (excludes halogenated alkanes) is 1. The van der Waals surface area contributed by atoms with Gasteiger partial charge in [0.25, 0.3) is 0 Å². The Kier molecular flexibility index (Phi) is 35.8. The fourth-order valence-corrected chi connectivity index (χ4v) is 15.2. The van der Waals surface area contributed by atoms with Crippen LogP contribution in [0.15, 0.2) is 146 Å². The van der Waals surface area contributed by atoms with E-state index in [1.807, 2.05) is 13.8 Å². The molecular formula is C102H80F28O12. The van der Waals surface area contributed by atoms with Gasteiger partial charge < -0.3 is 56.8 Å². The molecule has 0 amide bonds. The lowest BCUT2D eigenvalue weighted by Gasteiger charge is -2.29. The van der Waals surface area contributed by atoms with Crippen LogP contribution in [0.1, 0.15) is 110 Å². The minimum absolute atomic E-state index is 0.000320. The summed E-state index contributed by atoms with van der Waals surface area (Å²) in [6.45, 7) is 6.65. The summed E-state index contributed by atoms with van der Waals surface area (Å²) in [6.07, 6.45) is -0.692. The Labute approximate surface area is 791 Å². The topological polar surface area (TPSA) is 111 Å². The van der Waals surface area contributed by atoms with Crippen LogP contribution in [0.25, 0.3) is 44.5 Å². The third kappa shape index (κ3) is 26.0. The monoisotopic (exact) mass is 2030 g/mol. The first-order valence-electron chi connectivity index (χ1n) is 43.5. The Morgan fingerprint density at radius 1 is 0.218 bits per heavy atom. The van der Waals surface area contributed by atoms with Crippen molar-refractivity contribution in [3.05, 3.63) is 353 Å². The molecule has 756 valence electrons. The van der Waals surface area contributed by atoms with Crippen LogP contribution in [-0.4, -0.2) is 79.3 Å². The van der Waals surface area contributed by atoms with Crippen molar-refractivity contribution < 1.29 is 180 Å². The normalized spacial score (nSPS) is 18.0. The van der Waals surface area contributed by atoms with Crippen LogP contribution in [0.3, 0.4) is 0 Å². The molecule has 4 saturated heterocycles. The van der Waals surface area contributed by atoms with Crippen molar-refractivity contribution in [3.63, 3.8) is 0 Å². The predicted octanol–water partition coefficient (Wildman–Crippen LogP) is 27.4. The summed E-state index contributed by atoms with van der Waals surface area (Å²) in [5.74, 6) is -39.4. The zero-order valence-corrected chi connectivity index (χ0v) is 74.7. The zero-order valence-electron chi connectivity index (χ0n) is 74.7. The van der Waals surface area contributed by atoms with Crippen molar-refractivity contribution in [3.8, 4) is 67.5 Å². The molecule has 12 aromatic rings. The molecule has 0 aliphatic carbocycles. The van der Waals surface area contributed by atoms with Gasteiger partial charge >= 0.3 is 0 Å². The highest BCUT2D eigenvalue weighted by atomic mass is 19.2. The van der Waals surface area contributed by atoms with Gasteiger partial charge in [-0.2, -0.15) is 0 Å². The van der Waals surface area contributed by atoms with Gasteiger partial charge in [-0.05, 0) is 223 Å². The molecule has 0 spiro atoms. The second-order valence-electron chi connectivity index (χ2n) is 33.1. The lowest BCUT2D eigenvalue weighted by atomic mass is 10.0. The van der Waals surface area contributed by atoms with Crippen LogP contribution in [0.4, 0.5) is 123 Å². The van der Waals surface area contributed by atoms with Crippen LogP contribution in [0, 0.1) is 193 Å². The van der Waals surface area contributed by atoms with E-state index in [0.29, 0.717) is 90.0 Å². The summed E-state index contributed by atoms with van der Waals surface area (Å²) < 4.78 is 456. The molecule has 4 heterocycles. The molecule has 40 heteroatoms. The number of hydrogen-bond donors (Lipinski definition) is 0. The molecule has 0 N–H and O–H groups in total. The second kappa shape index (κ2) is 47.6. The number of rotatable bonds is 26. The number of halogens is 28. The molecule has 4 aliphatic rings. The third-order valence-electron chi connectivity index (χ3n) is 22.2. The molecule has 0 atom stereocenters. The van der Waals surface area contributed by atoms with Gasteiger partial charge in [0.1, 0.15) is 46.5 Å². The van der Waals surface area contributed by atoms with Gasteiger partial charge in [-0.15, -0.1) is 0 Å². The van der Waals surface area contributed by atoms with Crippen molar-refractivity contribution in [2.75, 3.05) is 79.3 Å². The van der Waals surface area contributed by atoms with E-state index < -0.39 is 279 Å². The van der Waals surface area contributed by atoms with Crippen LogP contribution < -0.4 is 18.9 Å². The third-order valence-corrected chi connectivity index (χ3v) is 22.2. The first-order chi connectivity index (χ1) is 67.6. The van der Waals surface area contributed by atoms with E-state index in [9.17, 15) is 123 Å².